The summed E-state index contributed by atoms with van der Waals surface area (Å²) in [5, 5.41) is 3.11. The van der Waals surface area contributed by atoms with Gasteiger partial charge in [0.2, 0.25) is 5.95 Å². The van der Waals surface area contributed by atoms with Crippen molar-refractivity contribution in [2.24, 2.45) is 5.92 Å². The number of amides is 1. The lowest BCUT2D eigenvalue weighted by Crippen LogP contribution is -2.39. The molecule has 138 valence electrons. The van der Waals surface area contributed by atoms with E-state index in [0.29, 0.717) is 34.7 Å². The van der Waals surface area contributed by atoms with Crippen LogP contribution in [0.4, 0.5) is 11.6 Å². The van der Waals surface area contributed by atoms with Crippen molar-refractivity contribution in [3.8, 4) is 11.5 Å². The Morgan fingerprint density at radius 1 is 1.27 bits per heavy atom. The molecular weight excluding hydrogens is 332 g/mol. The van der Waals surface area contributed by atoms with Crippen molar-refractivity contribution < 1.29 is 14.3 Å². The number of carbonyl (C=O) groups is 1. The van der Waals surface area contributed by atoms with Crippen molar-refractivity contribution in [2.75, 3.05) is 32.6 Å². The summed E-state index contributed by atoms with van der Waals surface area (Å²) in [4.78, 5) is 23.2. The van der Waals surface area contributed by atoms with Crippen LogP contribution in [0.2, 0.25) is 0 Å². The number of methoxy groups -OCH3 is 2. The van der Waals surface area contributed by atoms with Gasteiger partial charge in [-0.15, -0.1) is 0 Å². The van der Waals surface area contributed by atoms with Crippen LogP contribution >= 0.6 is 0 Å². The predicted octanol–water partition coefficient (Wildman–Crippen LogP) is 3.11. The molecule has 1 amide bonds. The summed E-state index contributed by atoms with van der Waals surface area (Å²) in [7, 11) is 3.18. The molecule has 1 aromatic carbocycles. The van der Waals surface area contributed by atoms with Crippen LogP contribution in [0, 0.1) is 5.92 Å². The summed E-state index contributed by atoms with van der Waals surface area (Å²) in [5.74, 6) is 2.12. The summed E-state index contributed by atoms with van der Waals surface area (Å²) in [6.07, 6.45) is 3.79. The molecule has 0 radical (unpaired) electrons. The third-order valence-electron chi connectivity index (χ3n) is 4.47. The third kappa shape index (κ3) is 4.04. The first-order valence-electron chi connectivity index (χ1n) is 8.72. The number of ether oxygens (including phenoxy) is 2. The van der Waals surface area contributed by atoms with Crippen LogP contribution in [-0.2, 0) is 0 Å². The van der Waals surface area contributed by atoms with Crippen LogP contribution in [0.1, 0.15) is 30.3 Å². The monoisotopic (exact) mass is 356 g/mol. The molecule has 1 unspecified atom stereocenters. The highest BCUT2D eigenvalue weighted by atomic mass is 16.5. The quantitative estimate of drug-likeness (QED) is 0.887. The number of piperidine rings is 1. The van der Waals surface area contributed by atoms with Crippen molar-refractivity contribution in [3.05, 3.63) is 36.2 Å². The molecule has 26 heavy (non-hydrogen) atoms. The summed E-state index contributed by atoms with van der Waals surface area (Å²) >= 11 is 0. The molecular formula is C19H24N4O3. The minimum Gasteiger partial charge on any atom is -0.497 e. The molecule has 2 heterocycles. The molecule has 1 atom stereocenters. The molecule has 1 aromatic heterocycles. The summed E-state index contributed by atoms with van der Waals surface area (Å²) in [6, 6.07) is 7.06. The smallest absolute Gasteiger partial charge is 0.272 e. The SMILES string of the molecule is COc1ccc(Nc2nccc(C(=O)N3CCCC(C)C3)n2)c(OC)c1. The van der Waals surface area contributed by atoms with Crippen LogP contribution in [0.15, 0.2) is 30.5 Å². The van der Waals surface area contributed by atoms with Crippen molar-refractivity contribution >= 4 is 17.5 Å². The highest BCUT2D eigenvalue weighted by Crippen LogP contribution is 2.30. The van der Waals surface area contributed by atoms with Crippen LogP contribution in [0.25, 0.3) is 0 Å². The minimum atomic E-state index is -0.0521. The van der Waals surface area contributed by atoms with Gasteiger partial charge >= 0.3 is 0 Å². The van der Waals surface area contributed by atoms with E-state index in [1.807, 2.05) is 17.0 Å². The summed E-state index contributed by atoms with van der Waals surface area (Å²) < 4.78 is 10.6. The zero-order valence-electron chi connectivity index (χ0n) is 15.4. The maximum absolute atomic E-state index is 12.7. The van der Waals surface area contributed by atoms with Crippen molar-refractivity contribution in [2.45, 2.75) is 19.8 Å². The molecule has 1 saturated heterocycles. The van der Waals surface area contributed by atoms with Crippen molar-refractivity contribution in [1.82, 2.24) is 14.9 Å². The van der Waals surface area contributed by atoms with Gasteiger partial charge in [-0.05, 0) is 37.0 Å². The van der Waals surface area contributed by atoms with E-state index >= 15 is 0 Å². The van der Waals surface area contributed by atoms with Crippen molar-refractivity contribution in [3.63, 3.8) is 0 Å². The Morgan fingerprint density at radius 3 is 2.85 bits per heavy atom. The predicted molar refractivity (Wildman–Crippen MR) is 99.2 cm³/mol. The number of carbonyl (C=O) groups excluding carboxylic acids is 1. The number of benzene rings is 1. The Labute approximate surface area is 153 Å². The van der Waals surface area contributed by atoms with E-state index in [1.165, 1.54) is 0 Å². The molecule has 0 saturated carbocycles. The van der Waals surface area contributed by atoms with Gasteiger partial charge in [0.1, 0.15) is 17.2 Å². The van der Waals surface area contributed by atoms with E-state index in [-0.39, 0.29) is 5.91 Å². The van der Waals surface area contributed by atoms with E-state index in [0.717, 1.165) is 25.9 Å². The lowest BCUT2D eigenvalue weighted by atomic mass is 10.00. The van der Waals surface area contributed by atoms with Gasteiger partial charge in [-0.3, -0.25) is 4.79 Å². The molecule has 1 aliphatic heterocycles. The number of hydrogen-bond acceptors (Lipinski definition) is 6. The van der Waals surface area contributed by atoms with Gasteiger partial charge in [0, 0.05) is 25.4 Å². The summed E-state index contributed by atoms with van der Waals surface area (Å²) in [6.45, 7) is 3.72. The molecule has 2 aromatic rings. The maximum atomic E-state index is 12.7. The van der Waals surface area contributed by atoms with E-state index in [2.05, 4.69) is 22.2 Å². The van der Waals surface area contributed by atoms with E-state index in [1.54, 1.807) is 32.5 Å². The fraction of sp³-hybridized carbons (Fsp3) is 0.421. The number of aromatic nitrogens is 2. The molecule has 3 rings (SSSR count). The Hall–Kier alpha value is -2.83. The normalized spacial score (nSPS) is 16.9. The Morgan fingerprint density at radius 2 is 2.12 bits per heavy atom. The summed E-state index contributed by atoms with van der Waals surface area (Å²) in [5.41, 5.74) is 1.09. The molecule has 1 fully saturated rings. The van der Waals surface area contributed by atoms with Crippen molar-refractivity contribution in [1.29, 1.82) is 0 Å². The first-order chi connectivity index (χ1) is 12.6. The number of nitrogens with one attached hydrogen (secondary N) is 1. The number of nitrogens with zero attached hydrogens (tertiary/aromatic N) is 3. The van der Waals surface area contributed by atoms with Gasteiger partial charge in [0.15, 0.2) is 0 Å². The Kier molecular flexibility index (Phi) is 5.55. The lowest BCUT2D eigenvalue weighted by molar-refractivity contribution is 0.0677. The number of anilines is 2. The maximum Gasteiger partial charge on any atom is 0.272 e. The number of likely N-dealkylation sites (tertiary alicyclic amines) is 1. The fourth-order valence-electron chi connectivity index (χ4n) is 3.10. The van der Waals surface area contributed by atoms with E-state index in [4.69, 9.17) is 9.47 Å². The standard InChI is InChI=1S/C19H24N4O3/c1-13-5-4-10-23(12-13)18(24)16-8-9-20-19(22-16)21-15-7-6-14(25-2)11-17(15)26-3/h6-9,11,13H,4-5,10,12H2,1-3H3,(H,20,21,22). The number of hydrogen-bond donors (Lipinski definition) is 1. The first kappa shape index (κ1) is 18.0. The van der Waals surface area contributed by atoms with Crippen LogP contribution in [0.5, 0.6) is 11.5 Å². The van der Waals surface area contributed by atoms with Crippen LogP contribution in [0.3, 0.4) is 0 Å². The number of rotatable bonds is 5. The molecule has 1 aliphatic rings. The Balaban J connectivity index is 1.78. The molecule has 0 spiro atoms. The zero-order valence-corrected chi connectivity index (χ0v) is 15.4. The average molecular weight is 356 g/mol. The van der Waals surface area contributed by atoms with Gasteiger partial charge < -0.3 is 19.7 Å². The largest absolute Gasteiger partial charge is 0.497 e. The lowest BCUT2D eigenvalue weighted by Gasteiger charge is -2.30. The Bertz CT molecular complexity index is 781. The topological polar surface area (TPSA) is 76.6 Å². The zero-order chi connectivity index (χ0) is 18.5. The molecule has 7 nitrogen and oxygen atoms in total. The van der Waals surface area contributed by atoms with Gasteiger partial charge in [-0.2, -0.15) is 0 Å². The second-order valence-corrected chi connectivity index (χ2v) is 6.46. The molecule has 1 N–H and O–H groups in total. The molecule has 0 bridgehead atoms. The van der Waals surface area contributed by atoms with Gasteiger partial charge in [-0.25, -0.2) is 9.97 Å². The second-order valence-electron chi connectivity index (χ2n) is 6.46. The first-order valence-corrected chi connectivity index (χ1v) is 8.72. The van der Waals surface area contributed by atoms with Crippen LogP contribution < -0.4 is 14.8 Å². The highest BCUT2D eigenvalue weighted by Gasteiger charge is 2.23. The van der Waals surface area contributed by atoms with Gasteiger partial charge in [-0.1, -0.05) is 6.92 Å². The minimum absolute atomic E-state index is 0.0521. The van der Waals surface area contributed by atoms with Gasteiger partial charge in [0.05, 0.1) is 19.9 Å². The fourth-order valence-corrected chi connectivity index (χ4v) is 3.10. The highest BCUT2D eigenvalue weighted by molar-refractivity contribution is 5.92. The second kappa shape index (κ2) is 8.03. The van der Waals surface area contributed by atoms with E-state index < -0.39 is 0 Å². The van der Waals surface area contributed by atoms with Gasteiger partial charge in [0.25, 0.3) is 5.91 Å². The molecule has 7 heteroatoms. The average Bonchev–Trinajstić information content (AvgIpc) is 2.68. The third-order valence-corrected chi connectivity index (χ3v) is 4.47. The van der Waals surface area contributed by atoms with E-state index in [9.17, 15) is 4.79 Å². The molecule has 0 aliphatic carbocycles. The van der Waals surface area contributed by atoms with Crippen LogP contribution in [-0.4, -0.2) is 48.1 Å².